The molecule has 0 amide bonds. The van der Waals surface area contributed by atoms with Crippen molar-refractivity contribution in [2.45, 2.75) is 38.4 Å². The first-order valence-corrected chi connectivity index (χ1v) is 6.26. The molecule has 0 aromatic rings. The van der Waals surface area contributed by atoms with Crippen molar-refractivity contribution < 1.29 is 13.2 Å². The van der Waals surface area contributed by atoms with Crippen molar-refractivity contribution in [1.82, 2.24) is 10.2 Å². The van der Waals surface area contributed by atoms with E-state index in [9.17, 15) is 13.2 Å². The molecule has 0 aromatic carbocycles. The molecule has 0 spiro atoms. The number of nitrogens with zero attached hydrogens (tertiary/aromatic N) is 2. The summed E-state index contributed by atoms with van der Waals surface area (Å²) in [6, 6.07) is 2.15. The van der Waals surface area contributed by atoms with Gasteiger partial charge in [0.05, 0.1) is 12.0 Å². The predicted molar refractivity (Wildman–Crippen MR) is 62.9 cm³/mol. The second-order valence-electron chi connectivity index (χ2n) is 5.09. The van der Waals surface area contributed by atoms with Crippen LogP contribution in [0.2, 0.25) is 0 Å². The van der Waals surface area contributed by atoms with Gasteiger partial charge in [0.25, 0.3) is 0 Å². The molecule has 6 heteroatoms. The van der Waals surface area contributed by atoms with Gasteiger partial charge in [-0.3, -0.25) is 10.2 Å². The highest BCUT2D eigenvalue weighted by Gasteiger charge is 2.42. The van der Waals surface area contributed by atoms with E-state index in [-0.39, 0.29) is 13.0 Å². The number of piperidine rings is 1. The number of likely N-dealkylation sites (N-methyl/N-ethyl adjacent to an activating group) is 1. The lowest BCUT2D eigenvalue weighted by molar-refractivity contribution is -0.187. The standard InChI is InChI=1S/C12H20F3N3/c1-3-17-11(2,8-16)9-18-6-4-5-10(7-18)12(13,14)15/h10,17H,3-7,9H2,1-2H3. The van der Waals surface area contributed by atoms with E-state index in [1.165, 1.54) is 0 Å². The average Bonchev–Trinajstić information content (AvgIpc) is 2.28. The third-order valence-corrected chi connectivity index (χ3v) is 3.32. The van der Waals surface area contributed by atoms with Crippen molar-refractivity contribution in [1.29, 1.82) is 5.26 Å². The predicted octanol–water partition coefficient (Wildman–Crippen LogP) is 2.15. The Kier molecular flexibility index (Phi) is 5.00. The van der Waals surface area contributed by atoms with E-state index in [2.05, 4.69) is 11.4 Å². The Bertz CT molecular complexity index is 311. The quantitative estimate of drug-likeness (QED) is 0.844. The SMILES string of the molecule is CCNC(C)(C#N)CN1CCCC(C(F)(F)F)C1. The fourth-order valence-electron chi connectivity index (χ4n) is 2.43. The molecule has 2 unspecified atom stereocenters. The summed E-state index contributed by atoms with van der Waals surface area (Å²) < 4.78 is 38.0. The summed E-state index contributed by atoms with van der Waals surface area (Å²) in [6.07, 6.45) is -3.39. The molecule has 0 saturated carbocycles. The lowest BCUT2D eigenvalue weighted by atomic mass is 9.95. The van der Waals surface area contributed by atoms with Gasteiger partial charge in [0, 0.05) is 13.1 Å². The van der Waals surface area contributed by atoms with Crippen LogP contribution in [0, 0.1) is 17.2 Å². The normalized spacial score (nSPS) is 25.4. The molecule has 0 aromatic heterocycles. The first-order valence-electron chi connectivity index (χ1n) is 6.26. The average molecular weight is 263 g/mol. The summed E-state index contributed by atoms with van der Waals surface area (Å²) >= 11 is 0. The number of hydrogen-bond donors (Lipinski definition) is 1. The maximum absolute atomic E-state index is 12.7. The number of hydrogen-bond acceptors (Lipinski definition) is 3. The van der Waals surface area contributed by atoms with Crippen molar-refractivity contribution in [3.05, 3.63) is 0 Å². The van der Waals surface area contributed by atoms with Crippen molar-refractivity contribution in [2.24, 2.45) is 5.92 Å². The van der Waals surface area contributed by atoms with Crippen molar-refractivity contribution in [3.63, 3.8) is 0 Å². The van der Waals surface area contributed by atoms with Crippen LogP contribution < -0.4 is 5.32 Å². The number of rotatable bonds is 4. The van der Waals surface area contributed by atoms with Gasteiger partial charge in [0.15, 0.2) is 0 Å². The zero-order chi connectivity index (χ0) is 13.8. The summed E-state index contributed by atoms with van der Waals surface area (Å²) in [5, 5.41) is 12.1. The molecule has 2 atom stereocenters. The Labute approximate surface area is 106 Å². The van der Waals surface area contributed by atoms with Crippen LogP contribution in [-0.2, 0) is 0 Å². The first kappa shape index (κ1) is 15.3. The molecule has 1 fully saturated rings. The highest BCUT2D eigenvalue weighted by Crippen LogP contribution is 2.33. The van der Waals surface area contributed by atoms with Crippen molar-refractivity contribution >= 4 is 0 Å². The largest absolute Gasteiger partial charge is 0.393 e. The number of nitrogens with one attached hydrogen (secondary N) is 1. The van der Waals surface area contributed by atoms with Crippen LogP contribution in [0.3, 0.4) is 0 Å². The van der Waals surface area contributed by atoms with E-state index < -0.39 is 17.6 Å². The summed E-state index contributed by atoms with van der Waals surface area (Å²) in [7, 11) is 0. The van der Waals surface area contributed by atoms with Gasteiger partial charge in [0.1, 0.15) is 5.54 Å². The van der Waals surface area contributed by atoms with E-state index in [0.717, 1.165) is 0 Å². The Morgan fingerprint density at radius 3 is 2.61 bits per heavy atom. The molecule has 1 aliphatic heterocycles. The van der Waals surface area contributed by atoms with E-state index in [0.29, 0.717) is 26.1 Å². The van der Waals surface area contributed by atoms with Crippen LogP contribution in [0.25, 0.3) is 0 Å². The molecule has 1 aliphatic rings. The number of likely N-dealkylation sites (tertiary alicyclic amines) is 1. The molecule has 1 heterocycles. The van der Waals surface area contributed by atoms with Gasteiger partial charge in [-0.15, -0.1) is 0 Å². The minimum Gasteiger partial charge on any atom is -0.300 e. The van der Waals surface area contributed by atoms with Gasteiger partial charge in [0.2, 0.25) is 0 Å². The fourth-order valence-corrected chi connectivity index (χ4v) is 2.43. The zero-order valence-electron chi connectivity index (χ0n) is 10.8. The third kappa shape index (κ3) is 4.14. The maximum Gasteiger partial charge on any atom is 0.393 e. The molecule has 1 N–H and O–H groups in total. The third-order valence-electron chi connectivity index (χ3n) is 3.32. The van der Waals surface area contributed by atoms with Crippen LogP contribution in [0.4, 0.5) is 13.2 Å². The smallest absolute Gasteiger partial charge is 0.300 e. The maximum atomic E-state index is 12.7. The second-order valence-corrected chi connectivity index (χ2v) is 5.09. The fraction of sp³-hybridized carbons (Fsp3) is 0.917. The van der Waals surface area contributed by atoms with Gasteiger partial charge in [-0.2, -0.15) is 18.4 Å². The highest BCUT2D eigenvalue weighted by atomic mass is 19.4. The lowest BCUT2D eigenvalue weighted by Gasteiger charge is -2.37. The summed E-state index contributed by atoms with van der Waals surface area (Å²) in [5.41, 5.74) is -0.776. The van der Waals surface area contributed by atoms with Gasteiger partial charge in [-0.25, -0.2) is 0 Å². The summed E-state index contributed by atoms with van der Waals surface area (Å²) in [4.78, 5) is 1.74. The van der Waals surface area contributed by atoms with E-state index >= 15 is 0 Å². The number of halogens is 3. The summed E-state index contributed by atoms with van der Waals surface area (Å²) in [6.45, 7) is 5.21. The molecule has 3 nitrogen and oxygen atoms in total. The van der Waals surface area contributed by atoms with Gasteiger partial charge < -0.3 is 0 Å². The highest BCUT2D eigenvalue weighted by molar-refractivity contribution is 5.06. The van der Waals surface area contributed by atoms with Crippen molar-refractivity contribution in [3.8, 4) is 6.07 Å². The monoisotopic (exact) mass is 263 g/mol. The van der Waals surface area contributed by atoms with Crippen LogP contribution in [0.5, 0.6) is 0 Å². The van der Waals surface area contributed by atoms with Crippen LogP contribution >= 0.6 is 0 Å². The molecular weight excluding hydrogens is 243 g/mol. The molecule has 0 bridgehead atoms. The first-order chi connectivity index (χ1) is 8.30. The van der Waals surface area contributed by atoms with E-state index in [1.807, 2.05) is 6.92 Å². The topological polar surface area (TPSA) is 39.1 Å². The molecule has 104 valence electrons. The summed E-state index contributed by atoms with van der Waals surface area (Å²) in [5.74, 6) is -1.25. The van der Waals surface area contributed by atoms with Crippen LogP contribution in [0.1, 0.15) is 26.7 Å². The minimum absolute atomic E-state index is 0.00612. The molecule has 0 aliphatic carbocycles. The zero-order valence-corrected chi connectivity index (χ0v) is 10.8. The minimum atomic E-state index is -4.13. The molecule has 18 heavy (non-hydrogen) atoms. The number of alkyl halides is 3. The Morgan fingerprint density at radius 1 is 1.44 bits per heavy atom. The van der Waals surface area contributed by atoms with Gasteiger partial charge in [-0.05, 0) is 32.9 Å². The Balaban J connectivity index is 2.60. The second kappa shape index (κ2) is 5.89. The number of nitriles is 1. The molecule has 1 saturated heterocycles. The van der Waals surface area contributed by atoms with Crippen LogP contribution in [-0.4, -0.2) is 42.8 Å². The van der Waals surface area contributed by atoms with Gasteiger partial charge >= 0.3 is 6.18 Å². The lowest BCUT2D eigenvalue weighted by Crippen LogP contribution is -2.53. The van der Waals surface area contributed by atoms with Crippen molar-refractivity contribution in [2.75, 3.05) is 26.2 Å². The van der Waals surface area contributed by atoms with Gasteiger partial charge in [-0.1, -0.05) is 6.92 Å². The molecule has 1 rings (SSSR count). The molecular formula is C12H20F3N3. The Hall–Kier alpha value is -0.800. The van der Waals surface area contributed by atoms with Crippen LogP contribution in [0.15, 0.2) is 0 Å². The van der Waals surface area contributed by atoms with E-state index in [4.69, 9.17) is 5.26 Å². The van der Waals surface area contributed by atoms with E-state index in [1.54, 1.807) is 11.8 Å². The Morgan fingerprint density at radius 2 is 2.11 bits per heavy atom. The molecule has 0 radical (unpaired) electrons.